The highest BCUT2D eigenvalue weighted by Crippen LogP contribution is 2.39. The van der Waals surface area contributed by atoms with Gasteiger partial charge in [-0.1, -0.05) is 61.4 Å². The Balaban J connectivity index is 1.21. The van der Waals surface area contributed by atoms with Crippen LogP contribution >= 0.6 is 0 Å². The van der Waals surface area contributed by atoms with Crippen molar-refractivity contribution in [3.63, 3.8) is 0 Å². The molecule has 43 heavy (non-hydrogen) atoms. The van der Waals surface area contributed by atoms with Crippen molar-refractivity contribution < 1.29 is 29.4 Å². The van der Waals surface area contributed by atoms with E-state index in [0.29, 0.717) is 31.5 Å². The average Bonchev–Trinajstić information content (AvgIpc) is 3.45. The van der Waals surface area contributed by atoms with E-state index in [1.165, 1.54) is 0 Å². The molecule has 226 valence electrons. The van der Waals surface area contributed by atoms with Crippen molar-refractivity contribution in [3.8, 4) is 0 Å². The lowest BCUT2D eigenvalue weighted by molar-refractivity contribution is -0.252. The second-order valence-electron chi connectivity index (χ2n) is 10.9. The molecule has 5 rings (SSSR count). The largest absolute Gasteiger partial charge is 0.392 e. The summed E-state index contributed by atoms with van der Waals surface area (Å²) in [4.78, 5) is 28.0. The van der Waals surface area contributed by atoms with Crippen LogP contribution in [0.25, 0.3) is 11.0 Å². The van der Waals surface area contributed by atoms with E-state index >= 15 is 0 Å². The number of hydrogen-bond donors (Lipinski definition) is 4. The van der Waals surface area contributed by atoms with Crippen molar-refractivity contribution in [1.82, 2.24) is 15.0 Å². The van der Waals surface area contributed by atoms with Crippen molar-refractivity contribution in [2.75, 3.05) is 5.32 Å². The number of carbonyl (C=O) groups is 2. The van der Waals surface area contributed by atoms with E-state index in [1.54, 1.807) is 5.48 Å². The minimum Gasteiger partial charge on any atom is -0.392 e. The van der Waals surface area contributed by atoms with E-state index in [-0.39, 0.29) is 37.0 Å². The second kappa shape index (κ2) is 14.9. The van der Waals surface area contributed by atoms with Crippen LogP contribution in [0.4, 0.5) is 5.69 Å². The number of imidazole rings is 1. The number of para-hydroxylation sites is 2. The standard InChI is InChI=1S/C33H38N4O6/c38-21-23-11-13-24(14-12-23)30-19-27(20-37-22-34-28-7-5-6-8-29(28)37)42-33(43-30)25-15-17-26(18-16-25)35-31(39)9-3-1-2-4-10-32(40)36-41/h5-8,11-18,22,27,30,33,38,41H,1-4,9-10,19-21H2,(H,35,39)(H,36,40)/t27-,30+,33+/m0/s1. The van der Waals surface area contributed by atoms with Crippen LogP contribution in [0, 0.1) is 0 Å². The maximum atomic E-state index is 12.4. The Bertz CT molecular complexity index is 1490. The Labute approximate surface area is 250 Å². The maximum absolute atomic E-state index is 12.4. The molecule has 1 fully saturated rings. The molecule has 1 aliphatic heterocycles. The number of aliphatic hydroxyl groups is 1. The molecule has 0 spiro atoms. The Kier molecular flexibility index (Phi) is 10.5. The molecule has 3 atom stereocenters. The number of ether oxygens (including phenoxy) is 2. The molecule has 2 heterocycles. The van der Waals surface area contributed by atoms with E-state index in [0.717, 1.165) is 47.0 Å². The Morgan fingerprint density at radius 3 is 2.28 bits per heavy atom. The zero-order chi connectivity index (χ0) is 30.0. The molecule has 10 heteroatoms. The first-order chi connectivity index (χ1) is 21.0. The maximum Gasteiger partial charge on any atom is 0.243 e. The predicted octanol–water partition coefficient (Wildman–Crippen LogP) is 5.56. The normalized spacial score (nSPS) is 18.4. The third-order valence-electron chi connectivity index (χ3n) is 7.69. The minimum absolute atomic E-state index is 0.0116. The van der Waals surface area contributed by atoms with E-state index < -0.39 is 6.29 Å². The van der Waals surface area contributed by atoms with Gasteiger partial charge in [0.05, 0.1) is 42.7 Å². The lowest BCUT2D eigenvalue weighted by atomic mass is 10.00. The number of benzene rings is 3. The van der Waals surface area contributed by atoms with Crippen LogP contribution < -0.4 is 10.8 Å². The second-order valence-corrected chi connectivity index (χ2v) is 10.9. The first kappa shape index (κ1) is 30.4. The van der Waals surface area contributed by atoms with Gasteiger partial charge in [0.25, 0.3) is 0 Å². The number of hydrogen-bond acceptors (Lipinski definition) is 7. The lowest BCUT2D eigenvalue weighted by Gasteiger charge is -2.36. The van der Waals surface area contributed by atoms with Crippen LogP contribution in [-0.4, -0.2) is 37.8 Å². The van der Waals surface area contributed by atoms with Gasteiger partial charge >= 0.3 is 0 Å². The third-order valence-corrected chi connectivity index (χ3v) is 7.69. The summed E-state index contributed by atoms with van der Waals surface area (Å²) in [5.74, 6) is -0.454. The molecule has 1 saturated heterocycles. The molecule has 0 unspecified atom stereocenters. The Morgan fingerprint density at radius 2 is 1.56 bits per heavy atom. The van der Waals surface area contributed by atoms with Gasteiger partial charge in [-0.15, -0.1) is 0 Å². The number of nitrogens with one attached hydrogen (secondary N) is 2. The topological polar surface area (TPSA) is 135 Å². The van der Waals surface area contributed by atoms with E-state index in [2.05, 4.69) is 20.9 Å². The number of aromatic nitrogens is 2. The fourth-order valence-electron chi connectivity index (χ4n) is 5.34. The number of fused-ring (bicyclic) bond motifs is 1. The van der Waals surface area contributed by atoms with Crippen LogP contribution in [-0.2, 0) is 32.2 Å². The van der Waals surface area contributed by atoms with Crippen LogP contribution in [0.5, 0.6) is 0 Å². The van der Waals surface area contributed by atoms with E-state index in [1.807, 2.05) is 73.1 Å². The van der Waals surface area contributed by atoms with Gasteiger partial charge in [-0.05, 0) is 48.2 Å². The molecule has 0 aliphatic carbocycles. The van der Waals surface area contributed by atoms with Gasteiger partial charge < -0.3 is 24.5 Å². The molecular weight excluding hydrogens is 548 g/mol. The first-order valence-electron chi connectivity index (χ1n) is 14.8. The summed E-state index contributed by atoms with van der Waals surface area (Å²) in [7, 11) is 0. The van der Waals surface area contributed by atoms with E-state index in [4.69, 9.17) is 14.7 Å². The summed E-state index contributed by atoms with van der Waals surface area (Å²) in [6, 6.07) is 23.4. The summed E-state index contributed by atoms with van der Waals surface area (Å²) < 4.78 is 15.1. The van der Waals surface area contributed by atoms with Crippen molar-refractivity contribution >= 4 is 28.5 Å². The van der Waals surface area contributed by atoms with Gasteiger partial charge in [0.15, 0.2) is 6.29 Å². The molecule has 1 aromatic heterocycles. The highest BCUT2D eigenvalue weighted by atomic mass is 16.7. The third kappa shape index (κ3) is 8.26. The lowest BCUT2D eigenvalue weighted by Crippen LogP contribution is -2.32. The molecule has 4 aromatic rings. The summed E-state index contributed by atoms with van der Waals surface area (Å²) in [5.41, 5.74) is 7.02. The molecule has 2 amide bonds. The molecule has 0 bridgehead atoms. The number of nitrogens with zero attached hydrogens (tertiary/aromatic N) is 2. The van der Waals surface area contributed by atoms with Gasteiger partial charge in [-0.25, -0.2) is 10.5 Å². The monoisotopic (exact) mass is 586 g/mol. The van der Waals surface area contributed by atoms with Crippen molar-refractivity contribution in [2.24, 2.45) is 0 Å². The van der Waals surface area contributed by atoms with Gasteiger partial charge in [0.1, 0.15) is 0 Å². The quantitative estimate of drug-likeness (QED) is 0.0915. The summed E-state index contributed by atoms with van der Waals surface area (Å²) >= 11 is 0. The predicted molar refractivity (Wildman–Crippen MR) is 161 cm³/mol. The van der Waals surface area contributed by atoms with Gasteiger partial charge in [-0.2, -0.15) is 0 Å². The summed E-state index contributed by atoms with van der Waals surface area (Å²) in [6.07, 6.45) is 5.28. The number of unbranched alkanes of at least 4 members (excludes halogenated alkanes) is 3. The Morgan fingerprint density at radius 1 is 0.860 bits per heavy atom. The number of aliphatic hydroxyl groups excluding tert-OH is 1. The van der Waals surface area contributed by atoms with Gasteiger partial charge in [0, 0.05) is 30.5 Å². The highest BCUT2D eigenvalue weighted by molar-refractivity contribution is 5.90. The number of anilines is 1. The number of rotatable bonds is 13. The van der Waals surface area contributed by atoms with Crippen LogP contribution in [0.15, 0.2) is 79.1 Å². The van der Waals surface area contributed by atoms with Crippen LogP contribution in [0.2, 0.25) is 0 Å². The number of carbonyl (C=O) groups excluding carboxylic acids is 2. The number of amides is 2. The zero-order valence-electron chi connectivity index (χ0n) is 24.0. The zero-order valence-corrected chi connectivity index (χ0v) is 24.0. The fraction of sp³-hybridized carbons (Fsp3) is 0.364. The molecule has 4 N–H and O–H groups in total. The fourth-order valence-corrected chi connectivity index (χ4v) is 5.34. The molecule has 1 aliphatic rings. The van der Waals surface area contributed by atoms with Gasteiger partial charge in [-0.3, -0.25) is 14.8 Å². The number of hydroxylamine groups is 1. The van der Waals surface area contributed by atoms with Crippen LogP contribution in [0.3, 0.4) is 0 Å². The molecule has 10 nitrogen and oxygen atoms in total. The van der Waals surface area contributed by atoms with Crippen molar-refractivity contribution in [2.45, 2.75) is 76.6 Å². The molecule has 3 aromatic carbocycles. The molecular formula is C33H38N4O6. The Hall–Kier alpha value is -4.09. The van der Waals surface area contributed by atoms with Crippen LogP contribution in [0.1, 0.15) is 74.0 Å². The first-order valence-corrected chi connectivity index (χ1v) is 14.8. The SMILES string of the molecule is O=C(CCCCCCC(=O)Nc1ccc([C@@H]2O[C@H](Cn3cnc4ccccc43)C[C@H](c3ccc(CO)cc3)O2)cc1)NO. The molecule has 0 radical (unpaired) electrons. The average molecular weight is 587 g/mol. The van der Waals surface area contributed by atoms with Gasteiger partial charge in [0.2, 0.25) is 11.8 Å². The van der Waals surface area contributed by atoms with E-state index in [9.17, 15) is 14.7 Å². The smallest absolute Gasteiger partial charge is 0.243 e. The van der Waals surface area contributed by atoms with Crippen molar-refractivity contribution in [3.05, 3.63) is 95.8 Å². The molecule has 0 saturated carbocycles. The summed E-state index contributed by atoms with van der Waals surface area (Å²) in [6.45, 7) is 0.608. The highest BCUT2D eigenvalue weighted by Gasteiger charge is 2.32. The minimum atomic E-state index is -0.603. The summed E-state index contributed by atoms with van der Waals surface area (Å²) in [5, 5.41) is 20.9. The van der Waals surface area contributed by atoms with Crippen molar-refractivity contribution in [1.29, 1.82) is 0 Å².